The summed E-state index contributed by atoms with van der Waals surface area (Å²) in [5.74, 6) is 1.28. The van der Waals surface area contributed by atoms with E-state index in [2.05, 4.69) is 10.6 Å². The fourth-order valence-electron chi connectivity index (χ4n) is 3.38. The van der Waals surface area contributed by atoms with Gasteiger partial charge in [0.1, 0.15) is 30.7 Å². The number of aryl methyl sites for hydroxylation is 1. The molecule has 0 saturated heterocycles. The number of fused-ring (bicyclic) bond motifs is 2. The maximum Gasteiger partial charge on any atom is 0.268 e. The third-order valence-corrected chi connectivity index (χ3v) is 5.03. The van der Waals surface area contributed by atoms with E-state index < -0.39 is 6.04 Å². The molecule has 3 aromatic rings. The van der Waals surface area contributed by atoms with Gasteiger partial charge in [-0.15, -0.1) is 0 Å². The number of anilines is 1. The van der Waals surface area contributed by atoms with E-state index in [-0.39, 0.29) is 11.8 Å². The lowest BCUT2D eigenvalue weighted by Gasteiger charge is -2.19. The van der Waals surface area contributed by atoms with Crippen molar-refractivity contribution in [2.75, 3.05) is 25.6 Å². The first kappa shape index (κ1) is 19.6. The summed E-state index contributed by atoms with van der Waals surface area (Å²) in [6.45, 7) is 2.60. The van der Waals surface area contributed by atoms with Crippen LogP contribution in [-0.2, 0) is 11.8 Å². The second-order valence-corrected chi connectivity index (χ2v) is 7.06. The number of ether oxygens (including phenoxy) is 3. The Kier molecular flexibility index (Phi) is 5.22. The highest BCUT2D eigenvalue weighted by Crippen LogP contribution is 2.32. The molecule has 0 bridgehead atoms. The van der Waals surface area contributed by atoms with Crippen LogP contribution in [0.15, 0.2) is 42.5 Å². The van der Waals surface area contributed by atoms with E-state index in [1.165, 1.54) is 0 Å². The van der Waals surface area contributed by atoms with E-state index in [1.807, 2.05) is 25.2 Å². The molecule has 0 radical (unpaired) electrons. The molecule has 0 saturated carbocycles. The zero-order valence-corrected chi connectivity index (χ0v) is 17.0. The first-order valence-electron chi connectivity index (χ1n) is 9.61. The van der Waals surface area contributed by atoms with E-state index in [0.717, 1.165) is 10.9 Å². The number of nitrogens with one attached hydrogen (secondary N) is 2. The smallest absolute Gasteiger partial charge is 0.268 e. The highest BCUT2D eigenvalue weighted by Gasteiger charge is 2.21. The summed E-state index contributed by atoms with van der Waals surface area (Å²) in [6, 6.07) is 11.8. The average Bonchev–Trinajstić information content (AvgIpc) is 3.09. The minimum Gasteiger partial charge on any atom is -0.497 e. The monoisotopic (exact) mass is 409 g/mol. The number of benzene rings is 2. The number of carbonyl (C=O) groups is 2. The van der Waals surface area contributed by atoms with Gasteiger partial charge in [-0.05, 0) is 43.3 Å². The van der Waals surface area contributed by atoms with Gasteiger partial charge in [0.05, 0.1) is 7.11 Å². The van der Waals surface area contributed by atoms with Crippen molar-refractivity contribution in [2.45, 2.75) is 13.0 Å². The van der Waals surface area contributed by atoms with Crippen molar-refractivity contribution >= 4 is 28.4 Å². The van der Waals surface area contributed by atoms with Gasteiger partial charge in [0, 0.05) is 29.7 Å². The van der Waals surface area contributed by atoms with Crippen LogP contribution >= 0.6 is 0 Å². The Bertz CT molecular complexity index is 1120. The molecule has 2 amide bonds. The molecule has 8 heteroatoms. The molecule has 0 aliphatic carbocycles. The Balaban J connectivity index is 1.45. The molecule has 2 heterocycles. The van der Waals surface area contributed by atoms with Gasteiger partial charge in [0.2, 0.25) is 5.91 Å². The second kappa shape index (κ2) is 7.98. The van der Waals surface area contributed by atoms with E-state index in [4.69, 9.17) is 14.2 Å². The van der Waals surface area contributed by atoms with Crippen LogP contribution in [0.1, 0.15) is 17.4 Å². The van der Waals surface area contributed by atoms with Crippen molar-refractivity contribution in [1.82, 2.24) is 9.88 Å². The highest BCUT2D eigenvalue weighted by atomic mass is 16.6. The maximum atomic E-state index is 12.8. The van der Waals surface area contributed by atoms with Crippen LogP contribution in [0, 0.1) is 0 Å². The number of methoxy groups -OCH3 is 1. The fraction of sp³-hybridized carbons (Fsp3) is 0.273. The predicted molar refractivity (Wildman–Crippen MR) is 112 cm³/mol. The summed E-state index contributed by atoms with van der Waals surface area (Å²) in [5, 5.41) is 6.43. The fourth-order valence-corrected chi connectivity index (χ4v) is 3.38. The topological polar surface area (TPSA) is 90.8 Å². The van der Waals surface area contributed by atoms with Gasteiger partial charge in [-0.1, -0.05) is 0 Å². The van der Waals surface area contributed by atoms with Crippen LogP contribution < -0.4 is 24.8 Å². The zero-order valence-electron chi connectivity index (χ0n) is 17.0. The third kappa shape index (κ3) is 3.76. The Morgan fingerprint density at radius 3 is 2.60 bits per heavy atom. The van der Waals surface area contributed by atoms with Crippen LogP contribution in [0.3, 0.4) is 0 Å². The van der Waals surface area contributed by atoms with Gasteiger partial charge in [0.25, 0.3) is 5.91 Å². The lowest BCUT2D eigenvalue weighted by molar-refractivity contribution is -0.117. The third-order valence-electron chi connectivity index (χ3n) is 5.03. The first-order valence-corrected chi connectivity index (χ1v) is 9.61. The van der Waals surface area contributed by atoms with Crippen molar-refractivity contribution in [3.63, 3.8) is 0 Å². The summed E-state index contributed by atoms with van der Waals surface area (Å²) >= 11 is 0. The number of nitrogens with zero attached hydrogens (tertiary/aromatic N) is 1. The number of hydrogen-bond donors (Lipinski definition) is 2. The largest absolute Gasteiger partial charge is 0.497 e. The van der Waals surface area contributed by atoms with E-state index >= 15 is 0 Å². The van der Waals surface area contributed by atoms with E-state index in [0.29, 0.717) is 41.8 Å². The van der Waals surface area contributed by atoms with Gasteiger partial charge in [0.15, 0.2) is 11.5 Å². The van der Waals surface area contributed by atoms with E-state index in [9.17, 15) is 9.59 Å². The Hall–Kier alpha value is -3.68. The lowest BCUT2D eigenvalue weighted by atomic mass is 10.2. The standard InChI is InChI=1S/C22H23N3O5/c1-13(21(26)24-15-4-7-19-20(12-15)30-9-8-29-19)23-22(27)18-11-14-10-16(28-3)5-6-17(14)25(18)2/h4-7,10-13H,8-9H2,1-3H3,(H,23,27)(H,24,26)/t13-/m0/s1. The molecule has 2 N–H and O–H groups in total. The van der Waals surface area contributed by atoms with Crippen LogP contribution in [0.4, 0.5) is 5.69 Å². The Labute approximate surface area is 173 Å². The summed E-state index contributed by atoms with van der Waals surface area (Å²) < 4.78 is 18.0. The summed E-state index contributed by atoms with van der Waals surface area (Å²) in [5.41, 5.74) is 1.92. The van der Waals surface area contributed by atoms with Crippen LogP contribution in [0.2, 0.25) is 0 Å². The molecule has 30 heavy (non-hydrogen) atoms. The van der Waals surface area contributed by atoms with Crippen LogP contribution in [-0.4, -0.2) is 42.7 Å². The normalized spacial score (nSPS) is 13.6. The predicted octanol–water partition coefficient (Wildman–Crippen LogP) is 2.72. The van der Waals surface area contributed by atoms with Crippen molar-refractivity contribution in [3.8, 4) is 17.2 Å². The number of aromatic nitrogens is 1. The maximum absolute atomic E-state index is 12.8. The molecular formula is C22H23N3O5. The molecule has 156 valence electrons. The van der Waals surface area contributed by atoms with Crippen LogP contribution in [0.5, 0.6) is 17.2 Å². The van der Waals surface area contributed by atoms with Crippen molar-refractivity contribution < 1.29 is 23.8 Å². The zero-order chi connectivity index (χ0) is 21.3. The molecule has 8 nitrogen and oxygen atoms in total. The first-order chi connectivity index (χ1) is 14.5. The van der Waals surface area contributed by atoms with Crippen molar-refractivity contribution in [3.05, 3.63) is 48.2 Å². The SMILES string of the molecule is COc1ccc2c(c1)cc(C(=O)N[C@@H](C)C(=O)Nc1ccc3c(c1)OCCO3)n2C. The number of rotatable bonds is 5. The number of hydrogen-bond acceptors (Lipinski definition) is 5. The molecule has 0 spiro atoms. The van der Waals surface area contributed by atoms with Gasteiger partial charge >= 0.3 is 0 Å². The average molecular weight is 409 g/mol. The molecule has 1 aliphatic rings. The van der Waals surface area contributed by atoms with E-state index in [1.54, 1.807) is 42.9 Å². The Morgan fingerprint density at radius 2 is 1.83 bits per heavy atom. The van der Waals surface area contributed by atoms with Crippen molar-refractivity contribution in [2.24, 2.45) is 7.05 Å². The van der Waals surface area contributed by atoms with Crippen molar-refractivity contribution in [1.29, 1.82) is 0 Å². The minimum atomic E-state index is -0.738. The number of amides is 2. The quantitative estimate of drug-likeness (QED) is 0.676. The lowest BCUT2D eigenvalue weighted by Crippen LogP contribution is -2.42. The Morgan fingerprint density at radius 1 is 1.07 bits per heavy atom. The molecular weight excluding hydrogens is 386 g/mol. The van der Waals surface area contributed by atoms with Gasteiger partial charge in [-0.25, -0.2) is 0 Å². The molecule has 0 unspecified atom stereocenters. The second-order valence-electron chi connectivity index (χ2n) is 7.06. The summed E-state index contributed by atoms with van der Waals surface area (Å²) in [4.78, 5) is 25.3. The van der Waals surface area contributed by atoms with Gasteiger partial charge in [-0.3, -0.25) is 9.59 Å². The minimum absolute atomic E-state index is 0.333. The summed E-state index contributed by atoms with van der Waals surface area (Å²) in [6.07, 6.45) is 0. The molecule has 4 rings (SSSR count). The molecule has 1 atom stereocenters. The molecule has 0 fully saturated rings. The molecule has 2 aromatic carbocycles. The molecule has 1 aromatic heterocycles. The summed E-state index contributed by atoms with van der Waals surface area (Å²) in [7, 11) is 3.41. The number of carbonyl (C=O) groups excluding carboxylic acids is 2. The van der Waals surface area contributed by atoms with Gasteiger partial charge < -0.3 is 29.4 Å². The van der Waals surface area contributed by atoms with Crippen LogP contribution in [0.25, 0.3) is 10.9 Å². The molecule has 1 aliphatic heterocycles. The highest BCUT2D eigenvalue weighted by molar-refractivity contribution is 6.03. The van der Waals surface area contributed by atoms with Gasteiger partial charge in [-0.2, -0.15) is 0 Å².